The van der Waals surface area contributed by atoms with Crippen LogP contribution in [0, 0.1) is 0 Å². The molecule has 1 saturated carbocycles. The zero-order chi connectivity index (χ0) is 20.1. The third-order valence-electron chi connectivity index (χ3n) is 6.16. The maximum Gasteiger partial charge on any atom is 0.252 e. The van der Waals surface area contributed by atoms with Gasteiger partial charge in [-0.2, -0.15) is 0 Å². The number of hydrogen-bond donors (Lipinski definition) is 1. The first-order valence-corrected chi connectivity index (χ1v) is 10.7. The van der Waals surface area contributed by atoms with Crippen molar-refractivity contribution in [1.82, 2.24) is 15.1 Å². The Bertz CT molecular complexity index is 811. The van der Waals surface area contributed by atoms with Crippen LogP contribution in [-0.2, 0) is 4.79 Å². The van der Waals surface area contributed by atoms with Crippen molar-refractivity contribution in [1.29, 1.82) is 0 Å². The lowest BCUT2D eigenvalue weighted by atomic mass is 10.0. The van der Waals surface area contributed by atoms with E-state index in [1.54, 1.807) is 12.1 Å². The molecule has 2 amide bonds. The van der Waals surface area contributed by atoms with Crippen molar-refractivity contribution in [3.63, 3.8) is 0 Å². The zero-order valence-electron chi connectivity index (χ0n) is 16.8. The van der Waals surface area contributed by atoms with Gasteiger partial charge in [-0.3, -0.25) is 14.5 Å². The molecule has 0 aromatic heterocycles. The minimum absolute atomic E-state index is 0.0217. The molecule has 4 rings (SSSR count). The molecule has 0 spiro atoms. The number of carbonyl (C=O) groups is 2. The van der Waals surface area contributed by atoms with E-state index in [4.69, 9.17) is 0 Å². The number of amides is 2. The van der Waals surface area contributed by atoms with Crippen LogP contribution in [0.25, 0.3) is 0 Å². The number of nitrogens with zero attached hydrogens (tertiary/aromatic N) is 2. The highest BCUT2D eigenvalue weighted by atomic mass is 16.2. The van der Waals surface area contributed by atoms with Gasteiger partial charge in [0.25, 0.3) is 5.91 Å². The lowest BCUT2D eigenvalue weighted by molar-refractivity contribution is -0.135. The standard InChI is InChI=1S/C24H29N3O2/c28-23(20-11-5-2-6-12-20)25-22(19-9-3-1-4-10-19)24(29)27-17-15-26(16-18-27)21-13-7-8-14-21/h1-6,9-12,21-22H,7-8,13-18H2,(H,25,28). The van der Waals surface area contributed by atoms with Crippen LogP contribution in [0.3, 0.4) is 0 Å². The Morgan fingerprint density at radius 2 is 1.41 bits per heavy atom. The zero-order valence-corrected chi connectivity index (χ0v) is 16.8. The molecule has 1 N–H and O–H groups in total. The molecule has 1 atom stereocenters. The van der Waals surface area contributed by atoms with Gasteiger partial charge in [0, 0.05) is 37.8 Å². The topological polar surface area (TPSA) is 52.7 Å². The highest BCUT2D eigenvalue weighted by Crippen LogP contribution is 2.25. The van der Waals surface area contributed by atoms with Crippen LogP contribution in [0.2, 0.25) is 0 Å². The predicted molar refractivity (Wildman–Crippen MR) is 114 cm³/mol. The van der Waals surface area contributed by atoms with E-state index in [9.17, 15) is 9.59 Å². The SMILES string of the molecule is O=C(NC(C(=O)N1CCN(C2CCCC2)CC1)c1ccccc1)c1ccccc1. The minimum atomic E-state index is -0.665. The molecule has 1 aliphatic carbocycles. The molecule has 2 aromatic carbocycles. The van der Waals surface area contributed by atoms with Crippen molar-refractivity contribution in [3.8, 4) is 0 Å². The van der Waals surface area contributed by atoms with E-state index >= 15 is 0 Å². The summed E-state index contributed by atoms with van der Waals surface area (Å²) in [5.41, 5.74) is 1.38. The Morgan fingerprint density at radius 3 is 2.03 bits per heavy atom. The van der Waals surface area contributed by atoms with Gasteiger partial charge in [0.1, 0.15) is 6.04 Å². The molecule has 5 heteroatoms. The predicted octanol–water partition coefficient (Wildman–Crippen LogP) is 3.24. The fourth-order valence-electron chi connectivity index (χ4n) is 4.50. The average Bonchev–Trinajstić information content (AvgIpc) is 3.33. The molecule has 1 unspecified atom stereocenters. The second kappa shape index (κ2) is 9.23. The summed E-state index contributed by atoms with van der Waals surface area (Å²) >= 11 is 0. The maximum absolute atomic E-state index is 13.4. The Morgan fingerprint density at radius 1 is 0.828 bits per heavy atom. The van der Waals surface area contributed by atoms with Gasteiger partial charge in [-0.15, -0.1) is 0 Å². The van der Waals surface area contributed by atoms with E-state index < -0.39 is 6.04 Å². The molecular weight excluding hydrogens is 362 g/mol. The van der Waals surface area contributed by atoms with Crippen molar-refractivity contribution < 1.29 is 9.59 Å². The first-order chi connectivity index (χ1) is 14.2. The van der Waals surface area contributed by atoms with Crippen molar-refractivity contribution in [2.24, 2.45) is 0 Å². The second-order valence-electron chi connectivity index (χ2n) is 7.98. The summed E-state index contributed by atoms with van der Waals surface area (Å²) in [6.45, 7) is 3.29. The third kappa shape index (κ3) is 4.67. The number of rotatable bonds is 5. The molecule has 1 saturated heterocycles. The van der Waals surface area contributed by atoms with Gasteiger partial charge >= 0.3 is 0 Å². The molecule has 5 nitrogen and oxygen atoms in total. The molecular formula is C24H29N3O2. The van der Waals surface area contributed by atoms with Crippen LogP contribution in [0.5, 0.6) is 0 Å². The molecule has 1 heterocycles. The fourth-order valence-corrected chi connectivity index (χ4v) is 4.50. The van der Waals surface area contributed by atoms with Crippen LogP contribution < -0.4 is 5.32 Å². The normalized spacial score (nSPS) is 19.1. The van der Waals surface area contributed by atoms with Gasteiger partial charge in [0.2, 0.25) is 5.91 Å². The van der Waals surface area contributed by atoms with Crippen LogP contribution in [0.15, 0.2) is 60.7 Å². The quantitative estimate of drug-likeness (QED) is 0.851. The molecule has 152 valence electrons. The van der Waals surface area contributed by atoms with Crippen molar-refractivity contribution in [2.75, 3.05) is 26.2 Å². The maximum atomic E-state index is 13.4. The molecule has 2 fully saturated rings. The number of hydrogen-bond acceptors (Lipinski definition) is 3. The van der Waals surface area contributed by atoms with Gasteiger partial charge < -0.3 is 10.2 Å². The molecule has 0 bridgehead atoms. The summed E-state index contributed by atoms with van der Waals surface area (Å²) in [6.07, 6.45) is 5.22. The van der Waals surface area contributed by atoms with Gasteiger partial charge in [-0.25, -0.2) is 0 Å². The van der Waals surface area contributed by atoms with E-state index in [1.807, 2.05) is 53.4 Å². The molecule has 0 radical (unpaired) electrons. The van der Waals surface area contributed by atoms with E-state index in [2.05, 4.69) is 10.2 Å². The highest BCUT2D eigenvalue weighted by molar-refractivity contribution is 5.97. The summed E-state index contributed by atoms with van der Waals surface area (Å²) in [5.74, 6) is -0.246. The van der Waals surface area contributed by atoms with Gasteiger partial charge in [-0.05, 0) is 30.5 Å². The van der Waals surface area contributed by atoms with E-state index in [-0.39, 0.29) is 11.8 Å². The monoisotopic (exact) mass is 391 g/mol. The number of nitrogens with one attached hydrogen (secondary N) is 1. The van der Waals surface area contributed by atoms with Crippen LogP contribution in [-0.4, -0.2) is 53.8 Å². The first kappa shape index (κ1) is 19.6. The van der Waals surface area contributed by atoms with E-state index in [0.29, 0.717) is 11.6 Å². The largest absolute Gasteiger partial charge is 0.338 e. The van der Waals surface area contributed by atoms with Gasteiger partial charge in [0.15, 0.2) is 0 Å². The van der Waals surface area contributed by atoms with Crippen molar-refractivity contribution in [3.05, 3.63) is 71.8 Å². The fraction of sp³-hybridized carbons (Fsp3) is 0.417. The average molecular weight is 392 g/mol. The second-order valence-corrected chi connectivity index (χ2v) is 7.98. The lowest BCUT2D eigenvalue weighted by Gasteiger charge is -2.39. The van der Waals surface area contributed by atoms with E-state index in [0.717, 1.165) is 31.7 Å². The van der Waals surface area contributed by atoms with Crippen molar-refractivity contribution >= 4 is 11.8 Å². The Balaban J connectivity index is 1.46. The molecule has 29 heavy (non-hydrogen) atoms. The lowest BCUT2D eigenvalue weighted by Crippen LogP contribution is -2.54. The molecule has 2 aliphatic rings. The van der Waals surface area contributed by atoms with Crippen LogP contribution >= 0.6 is 0 Å². The Kier molecular flexibility index (Phi) is 6.25. The van der Waals surface area contributed by atoms with Gasteiger partial charge in [-0.1, -0.05) is 61.4 Å². The number of carbonyl (C=O) groups excluding carboxylic acids is 2. The summed E-state index contributed by atoms with van der Waals surface area (Å²) in [4.78, 5) is 30.6. The first-order valence-electron chi connectivity index (χ1n) is 10.7. The van der Waals surface area contributed by atoms with E-state index in [1.165, 1.54) is 25.7 Å². The smallest absolute Gasteiger partial charge is 0.252 e. The molecule has 2 aromatic rings. The highest BCUT2D eigenvalue weighted by Gasteiger charge is 2.32. The number of piperazine rings is 1. The summed E-state index contributed by atoms with van der Waals surface area (Å²) in [5, 5.41) is 2.97. The minimum Gasteiger partial charge on any atom is -0.338 e. The summed E-state index contributed by atoms with van der Waals surface area (Å²) in [7, 11) is 0. The van der Waals surface area contributed by atoms with Crippen LogP contribution in [0.1, 0.15) is 47.6 Å². The number of benzene rings is 2. The third-order valence-corrected chi connectivity index (χ3v) is 6.16. The Hall–Kier alpha value is -2.66. The molecule has 1 aliphatic heterocycles. The Labute approximate surface area is 172 Å². The summed E-state index contributed by atoms with van der Waals surface area (Å²) < 4.78 is 0. The van der Waals surface area contributed by atoms with Gasteiger partial charge in [0.05, 0.1) is 0 Å². The van der Waals surface area contributed by atoms with Crippen molar-refractivity contribution in [2.45, 2.75) is 37.8 Å². The van der Waals surface area contributed by atoms with Crippen LogP contribution in [0.4, 0.5) is 0 Å². The summed E-state index contributed by atoms with van der Waals surface area (Å²) in [6, 6.07) is 18.6.